The van der Waals surface area contributed by atoms with Gasteiger partial charge in [-0.25, -0.2) is 4.98 Å². The summed E-state index contributed by atoms with van der Waals surface area (Å²) in [5.41, 5.74) is 8.79. The molecule has 4 aromatic rings. The summed E-state index contributed by atoms with van der Waals surface area (Å²) in [6.45, 7) is 0. The minimum atomic E-state index is 0.944. The second kappa shape index (κ2) is 4.31. The largest absolute Gasteiger partial charge is 0.338 e. The quantitative estimate of drug-likeness (QED) is 0.470. The number of benzene rings is 3. The van der Waals surface area contributed by atoms with E-state index in [1.54, 1.807) is 0 Å². The van der Waals surface area contributed by atoms with Gasteiger partial charge in [0, 0.05) is 5.56 Å². The number of nitrogens with zero attached hydrogens (tertiary/aromatic N) is 1. The molecule has 0 spiro atoms. The molecule has 2 heteroatoms. The van der Waals surface area contributed by atoms with E-state index in [1.165, 1.54) is 22.3 Å². The van der Waals surface area contributed by atoms with Gasteiger partial charge in [0.25, 0.3) is 0 Å². The number of fused-ring (bicyclic) bond motifs is 4. The molecule has 0 fully saturated rings. The van der Waals surface area contributed by atoms with E-state index in [1.807, 2.05) is 18.2 Å². The van der Waals surface area contributed by atoms with Gasteiger partial charge in [0.2, 0.25) is 0 Å². The highest BCUT2D eigenvalue weighted by molar-refractivity contribution is 5.82. The highest BCUT2D eigenvalue weighted by Gasteiger charge is 2.18. The third-order valence-electron chi connectivity index (χ3n) is 4.46. The van der Waals surface area contributed by atoms with Crippen molar-refractivity contribution in [2.75, 3.05) is 0 Å². The zero-order chi connectivity index (χ0) is 14.5. The van der Waals surface area contributed by atoms with Crippen molar-refractivity contribution >= 4 is 11.0 Å². The van der Waals surface area contributed by atoms with Crippen LogP contribution in [0.25, 0.3) is 33.5 Å². The van der Waals surface area contributed by atoms with Gasteiger partial charge >= 0.3 is 0 Å². The summed E-state index contributed by atoms with van der Waals surface area (Å²) in [5.74, 6) is 0.944. The van der Waals surface area contributed by atoms with E-state index in [0.29, 0.717) is 0 Å². The molecule has 2 nitrogen and oxygen atoms in total. The van der Waals surface area contributed by atoms with Crippen molar-refractivity contribution in [1.29, 1.82) is 0 Å². The smallest absolute Gasteiger partial charge is 0.138 e. The van der Waals surface area contributed by atoms with Crippen molar-refractivity contribution < 1.29 is 0 Å². The number of para-hydroxylation sites is 2. The van der Waals surface area contributed by atoms with Crippen LogP contribution in [0, 0.1) is 0 Å². The molecule has 1 heterocycles. The first kappa shape index (κ1) is 11.8. The van der Waals surface area contributed by atoms with Crippen LogP contribution in [-0.2, 0) is 6.42 Å². The molecule has 0 amide bonds. The third kappa shape index (κ3) is 1.64. The second-order valence-electron chi connectivity index (χ2n) is 5.81. The lowest BCUT2D eigenvalue weighted by Crippen LogP contribution is -1.85. The predicted molar refractivity (Wildman–Crippen MR) is 89.8 cm³/mol. The zero-order valence-corrected chi connectivity index (χ0v) is 12.0. The minimum absolute atomic E-state index is 0.944. The molecule has 0 saturated heterocycles. The summed E-state index contributed by atoms with van der Waals surface area (Å²) >= 11 is 0. The normalized spacial score (nSPS) is 12.4. The van der Waals surface area contributed by atoms with Gasteiger partial charge in [-0.05, 0) is 46.9 Å². The van der Waals surface area contributed by atoms with E-state index in [9.17, 15) is 0 Å². The topological polar surface area (TPSA) is 28.7 Å². The first-order chi connectivity index (χ1) is 10.9. The Labute approximate surface area is 128 Å². The molecule has 104 valence electrons. The average molecular weight is 282 g/mol. The van der Waals surface area contributed by atoms with Gasteiger partial charge in [-0.3, -0.25) is 0 Å². The van der Waals surface area contributed by atoms with Crippen molar-refractivity contribution in [3.8, 4) is 22.5 Å². The number of hydrogen-bond donors (Lipinski definition) is 1. The maximum atomic E-state index is 4.70. The van der Waals surface area contributed by atoms with Crippen LogP contribution >= 0.6 is 0 Å². The van der Waals surface area contributed by atoms with Gasteiger partial charge in [0.15, 0.2) is 0 Å². The number of hydrogen-bond acceptors (Lipinski definition) is 1. The maximum Gasteiger partial charge on any atom is 0.138 e. The Hall–Kier alpha value is -2.87. The lowest BCUT2D eigenvalue weighted by molar-refractivity contribution is 1.25. The minimum Gasteiger partial charge on any atom is -0.338 e. The van der Waals surface area contributed by atoms with Crippen LogP contribution in [-0.4, -0.2) is 9.97 Å². The number of aromatic amines is 1. The number of nitrogens with one attached hydrogen (secondary N) is 1. The number of rotatable bonds is 1. The van der Waals surface area contributed by atoms with Gasteiger partial charge < -0.3 is 4.98 Å². The van der Waals surface area contributed by atoms with Crippen molar-refractivity contribution in [2.45, 2.75) is 6.42 Å². The van der Waals surface area contributed by atoms with Gasteiger partial charge in [-0.1, -0.05) is 48.5 Å². The Bertz CT molecular complexity index is 978. The summed E-state index contributed by atoms with van der Waals surface area (Å²) in [6.07, 6.45) is 1.01. The first-order valence-corrected chi connectivity index (χ1v) is 7.55. The number of H-pyrrole nitrogens is 1. The Balaban J connectivity index is 1.64. The maximum absolute atomic E-state index is 4.70. The molecule has 5 rings (SSSR count). The van der Waals surface area contributed by atoms with Crippen LogP contribution in [0.15, 0.2) is 66.7 Å². The fraction of sp³-hybridized carbons (Fsp3) is 0.0500. The fourth-order valence-corrected chi connectivity index (χ4v) is 3.38. The molecule has 0 saturated carbocycles. The van der Waals surface area contributed by atoms with Crippen LogP contribution in [0.1, 0.15) is 11.1 Å². The molecule has 1 aliphatic carbocycles. The fourth-order valence-electron chi connectivity index (χ4n) is 3.38. The van der Waals surface area contributed by atoms with Crippen molar-refractivity contribution in [3.05, 3.63) is 77.9 Å². The SMILES string of the molecule is c1ccc2c(c1)Cc1cc(-c3nc4ccccc4[nH]3)ccc1-2. The molecule has 0 radical (unpaired) electrons. The molecule has 1 aromatic heterocycles. The van der Waals surface area contributed by atoms with Gasteiger partial charge in [0.1, 0.15) is 5.82 Å². The summed E-state index contributed by atoms with van der Waals surface area (Å²) in [4.78, 5) is 8.12. The van der Waals surface area contributed by atoms with E-state index in [0.717, 1.165) is 28.8 Å². The molecule has 1 aliphatic rings. The van der Waals surface area contributed by atoms with Crippen LogP contribution in [0.5, 0.6) is 0 Å². The molecule has 22 heavy (non-hydrogen) atoms. The molecule has 3 aromatic carbocycles. The standard InChI is InChI=1S/C20H14N2/c1-2-6-16-13(5-1)11-15-12-14(9-10-17(15)16)20-21-18-7-3-4-8-19(18)22-20/h1-10,12H,11H2,(H,21,22). The lowest BCUT2D eigenvalue weighted by atomic mass is 10.0. The van der Waals surface area contributed by atoms with Crippen LogP contribution in [0.2, 0.25) is 0 Å². The Kier molecular flexibility index (Phi) is 2.30. The lowest BCUT2D eigenvalue weighted by Gasteiger charge is -2.03. The van der Waals surface area contributed by atoms with Crippen LogP contribution in [0.3, 0.4) is 0 Å². The molecule has 0 bridgehead atoms. The Morgan fingerprint density at radius 3 is 2.55 bits per heavy atom. The summed E-state index contributed by atoms with van der Waals surface area (Å²) in [5, 5.41) is 0. The molecular formula is C20H14N2. The predicted octanol–water partition coefficient (Wildman–Crippen LogP) is 4.80. The molecule has 0 aliphatic heterocycles. The van der Waals surface area contributed by atoms with Crippen LogP contribution in [0.4, 0.5) is 0 Å². The van der Waals surface area contributed by atoms with Crippen molar-refractivity contribution in [2.24, 2.45) is 0 Å². The van der Waals surface area contributed by atoms with E-state index in [2.05, 4.69) is 53.5 Å². The Morgan fingerprint density at radius 1 is 0.773 bits per heavy atom. The highest BCUT2D eigenvalue weighted by atomic mass is 14.9. The molecule has 0 unspecified atom stereocenters. The van der Waals surface area contributed by atoms with E-state index < -0.39 is 0 Å². The second-order valence-corrected chi connectivity index (χ2v) is 5.81. The van der Waals surface area contributed by atoms with Gasteiger partial charge in [0.05, 0.1) is 11.0 Å². The molecule has 1 N–H and O–H groups in total. The average Bonchev–Trinajstić information content (AvgIpc) is 3.15. The van der Waals surface area contributed by atoms with Gasteiger partial charge in [-0.15, -0.1) is 0 Å². The molecule has 0 atom stereocenters. The van der Waals surface area contributed by atoms with Gasteiger partial charge in [-0.2, -0.15) is 0 Å². The summed E-state index contributed by atoms with van der Waals surface area (Å²) in [7, 11) is 0. The van der Waals surface area contributed by atoms with Crippen LogP contribution < -0.4 is 0 Å². The first-order valence-electron chi connectivity index (χ1n) is 7.55. The monoisotopic (exact) mass is 282 g/mol. The van der Waals surface area contributed by atoms with E-state index in [-0.39, 0.29) is 0 Å². The molecular weight excluding hydrogens is 268 g/mol. The van der Waals surface area contributed by atoms with E-state index in [4.69, 9.17) is 4.98 Å². The van der Waals surface area contributed by atoms with Crippen molar-refractivity contribution in [1.82, 2.24) is 9.97 Å². The number of aromatic nitrogens is 2. The Morgan fingerprint density at radius 2 is 1.59 bits per heavy atom. The zero-order valence-electron chi connectivity index (χ0n) is 12.0. The number of imidazole rings is 1. The summed E-state index contributed by atoms with van der Waals surface area (Å²) < 4.78 is 0. The highest BCUT2D eigenvalue weighted by Crippen LogP contribution is 2.38. The third-order valence-corrected chi connectivity index (χ3v) is 4.46. The summed E-state index contributed by atoms with van der Waals surface area (Å²) in [6, 6.07) is 23.5. The van der Waals surface area contributed by atoms with E-state index >= 15 is 0 Å². The van der Waals surface area contributed by atoms with Crippen molar-refractivity contribution in [3.63, 3.8) is 0 Å².